The molecule has 1 aromatic rings. The van der Waals surface area contributed by atoms with E-state index >= 15 is 0 Å². The zero-order chi connectivity index (χ0) is 15.5. The molecule has 3 aliphatic carbocycles. The maximum atomic E-state index is 12.3. The number of hydrogen-bond acceptors (Lipinski definition) is 3. The fourth-order valence-electron chi connectivity index (χ4n) is 5.59. The van der Waals surface area contributed by atoms with Crippen LogP contribution < -0.4 is 5.73 Å². The summed E-state index contributed by atoms with van der Waals surface area (Å²) in [4.78, 5) is 12.3. The molecule has 3 aliphatic rings. The summed E-state index contributed by atoms with van der Waals surface area (Å²) in [6.45, 7) is 2.59. The summed E-state index contributed by atoms with van der Waals surface area (Å²) >= 11 is 0. The van der Waals surface area contributed by atoms with Gasteiger partial charge in [0.15, 0.2) is 0 Å². The van der Waals surface area contributed by atoms with Crippen molar-refractivity contribution in [2.24, 2.45) is 23.0 Å². The van der Waals surface area contributed by atoms with Crippen LogP contribution >= 0.6 is 0 Å². The lowest BCUT2D eigenvalue weighted by molar-refractivity contribution is -0.129. The Morgan fingerprint density at radius 1 is 1.27 bits per heavy atom. The molecule has 0 radical (unpaired) electrons. The molecule has 4 atom stereocenters. The fourth-order valence-corrected chi connectivity index (χ4v) is 5.59. The average Bonchev–Trinajstić information content (AvgIpc) is 2.82. The Bertz CT molecular complexity index is 639. The number of phenols is 1. The average molecular weight is 299 g/mol. The van der Waals surface area contributed by atoms with Gasteiger partial charge in [0.2, 0.25) is 0 Å². The molecule has 3 N–H and O–H groups in total. The lowest BCUT2D eigenvalue weighted by Crippen LogP contribution is -2.42. The molecule has 4 rings (SSSR count). The maximum Gasteiger partial charge on any atom is 0.139 e. The van der Waals surface area contributed by atoms with Crippen molar-refractivity contribution in [2.45, 2.75) is 57.9 Å². The molecule has 0 saturated heterocycles. The molecule has 3 nitrogen and oxygen atoms in total. The van der Waals surface area contributed by atoms with E-state index in [2.05, 4.69) is 13.0 Å². The molecule has 0 spiro atoms. The highest BCUT2D eigenvalue weighted by Gasteiger charge is 2.54. The predicted octanol–water partition coefficient (Wildman–Crippen LogP) is 3.28. The second-order valence-electron chi connectivity index (χ2n) is 7.72. The van der Waals surface area contributed by atoms with Crippen LogP contribution in [0, 0.1) is 17.3 Å². The molecule has 0 amide bonds. The molecule has 118 valence electrons. The summed E-state index contributed by atoms with van der Waals surface area (Å²) in [6.07, 6.45) is 6.16. The van der Waals surface area contributed by atoms with Crippen LogP contribution in [0.5, 0.6) is 5.75 Å². The topological polar surface area (TPSA) is 63.3 Å². The van der Waals surface area contributed by atoms with E-state index in [-0.39, 0.29) is 5.41 Å². The second kappa shape index (κ2) is 4.82. The van der Waals surface area contributed by atoms with Gasteiger partial charge in [0.25, 0.3) is 0 Å². The third kappa shape index (κ3) is 1.81. The van der Waals surface area contributed by atoms with Crippen molar-refractivity contribution in [3.05, 3.63) is 28.8 Å². The van der Waals surface area contributed by atoms with Crippen LogP contribution in [0.4, 0.5) is 0 Å². The standard InChI is InChI=1S/C19H25NO2/c1-19-7-6-13-14(16(19)4-5-18(19)22)3-2-11-9-17(21)12(10-20)8-15(11)13/h8-9,13-14,16,21H,2-7,10,20H2,1H3. The first-order valence-corrected chi connectivity index (χ1v) is 8.62. The van der Waals surface area contributed by atoms with Gasteiger partial charge in [0.1, 0.15) is 11.5 Å². The summed E-state index contributed by atoms with van der Waals surface area (Å²) in [5.41, 5.74) is 9.26. The van der Waals surface area contributed by atoms with Crippen molar-refractivity contribution in [1.29, 1.82) is 0 Å². The van der Waals surface area contributed by atoms with E-state index in [4.69, 9.17) is 5.73 Å². The van der Waals surface area contributed by atoms with Crippen molar-refractivity contribution in [2.75, 3.05) is 0 Å². The number of aromatic hydroxyl groups is 1. The van der Waals surface area contributed by atoms with Crippen molar-refractivity contribution < 1.29 is 9.90 Å². The van der Waals surface area contributed by atoms with Gasteiger partial charge in [0, 0.05) is 23.9 Å². The second-order valence-corrected chi connectivity index (χ2v) is 7.72. The van der Waals surface area contributed by atoms with Crippen LogP contribution in [0.15, 0.2) is 12.1 Å². The Hall–Kier alpha value is -1.35. The maximum absolute atomic E-state index is 12.3. The van der Waals surface area contributed by atoms with E-state index in [1.807, 2.05) is 6.07 Å². The Balaban J connectivity index is 1.74. The van der Waals surface area contributed by atoms with Gasteiger partial charge >= 0.3 is 0 Å². The van der Waals surface area contributed by atoms with Gasteiger partial charge < -0.3 is 10.8 Å². The molecule has 3 heteroatoms. The Morgan fingerprint density at radius 2 is 2.09 bits per heavy atom. The Labute approximate surface area is 131 Å². The van der Waals surface area contributed by atoms with E-state index in [9.17, 15) is 9.90 Å². The van der Waals surface area contributed by atoms with Crippen LogP contribution in [0.1, 0.15) is 61.6 Å². The van der Waals surface area contributed by atoms with Crippen LogP contribution in [0.2, 0.25) is 0 Å². The van der Waals surface area contributed by atoms with E-state index in [0.717, 1.165) is 44.1 Å². The summed E-state index contributed by atoms with van der Waals surface area (Å²) in [6, 6.07) is 4.07. The van der Waals surface area contributed by atoms with Gasteiger partial charge in [-0.3, -0.25) is 4.79 Å². The number of rotatable bonds is 1. The number of carbonyl (C=O) groups excluding carboxylic acids is 1. The van der Waals surface area contributed by atoms with Crippen LogP contribution in [-0.2, 0) is 17.8 Å². The molecule has 0 aliphatic heterocycles. The summed E-state index contributed by atoms with van der Waals surface area (Å²) < 4.78 is 0. The van der Waals surface area contributed by atoms with E-state index in [1.54, 1.807) is 0 Å². The monoisotopic (exact) mass is 299 g/mol. The van der Waals surface area contributed by atoms with Crippen molar-refractivity contribution in [3.8, 4) is 5.75 Å². The number of fused-ring (bicyclic) bond motifs is 5. The van der Waals surface area contributed by atoms with Gasteiger partial charge in [-0.25, -0.2) is 0 Å². The van der Waals surface area contributed by atoms with E-state index in [0.29, 0.717) is 35.8 Å². The highest BCUT2D eigenvalue weighted by molar-refractivity contribution is 5.87. The zero-order valence-electron chi connectivity index (χ0n) is 13.3. The minimum atomic E-state index is -0.0632. The van der Waals surface area contributed by atoms with Gasteiger partial charge in [-0.1, -0.05) is 13.0 Å². The van der Waals surface area contributed by atoms with Gasteiger partial charge in [-0.15, -0.1) is 0 Å². The first-order valence-electron chi connectivity index (χ1n) is 8.62. The lowest BCUT2D eigenvalue weighted by Gasteiger charge is -2.48. The minimum Gasteiger partial charge on any atom is -0.508 e. The van der Waals surface area contributed by atoms with Crippen LogP contribution in [-0.4, -0.2) is 10.9 Å². The Morgan fingerprint density at radius 3 is 2.86 bits per heavy atom. The number of nitrogens with two attached hydrogens (primary N) is 1. The number of benzene rings is 1. The molecule has 2 saturated carbocycles. The van der Waals surface area contributed by atoms with E-state index < -0.39 is 0 Å². The summed E-state index contributed by atoms with van der Waals surface area (Å²) in [7, 11) is 0. The molecule has 22 heavy (non-hydrogen) atoms. The number of carbonyl (C=O) groups is 1. The summed E-state index contributed by atoms with van der Waals surface area (Å²) in [5, 5.41) is 10.1. The quantitative estimate of drug-likeness (QED) is 0.836. The molecule has 2 fully saturated rings. The molecule has 0 aromatic heterocycles. The van der Waals surface area contributed by atoms with Crippen molar-refractivity contribution in [1.82, 2.24) is 0 Å². The number of phenolic OH excluding ortho intramolecular Hbond substituents is 1. The van der Waals surface area contributed by atoms with Gasteiger partial charge in [0.05, 0.1) is 0 Å². The van der Waals surface area contributed by atoms with E-state index in [1.165, 1.54) is 11.1 Å². The van der Waals surface area contributed by atoms with Gasteiger partial charge in [-0.2, -0.15) is 0 Å². The zero-order valence-corrected chi connectivity index (χ0v) is 13.3. The summed E-state index contributed by atoms with van der Waals surface area (Å²) in [5.74, 6) is 2.58. The fraction of sp³-hybridized carbons (Fsp3) is 0.632. The van der Waals surface area contributed by atoms with Gasteiger partial charge in [-0.05, 0) is 67.1 Å². The highest BCUT2D eigenvalue weighted by Crippen LogP contribution is 2.59. The third-order valence-corrected chi connectivity index (χ3v) is 6.85. The third-order valence-electron chi connectivity index (χ3n) is 6.85. The van der Waals surface area contributed by atoms with Crippen LogP contribution in [0.3, 0.4) is 0 Å². The molecule has 0 heterocycles. The first kappa shape index (κ1) is 14.3. The number of hydrogen-bond donors (Lipinski definition) is 2. The Kier molecular flexibility index (Phi) is 3.12. The first-order chi connectivity index (χ1) is 10.5. The predicted molar refractivity (Wildman–Crippen MR) is 85.6 cm³/mol. The molecular formula is C19H25NO2. The number of ketones is 1. The molecule has 4 unspecified atom stereocenters. The van der Waals surface area contributed by atoms with Crippen molar-refractivity contribution >= 4 is 5.78 Å². The minimum absolute atomic E-state index is 0.0632. The highest BCUT2D eigenvalue weighted by atomic mass is 16.3. The van der Waals surface area contributed by atoms with Crippen LogP contribution in [0.25, 0.3) is 0 Å². The lowest BCUT2D eigenvalue weighted by atomic mass is 9.55. The normalized spacial score (nSPS) is 36.6. The molecule has 1 aromatic carbocycles. The SMILES string of the molecule is CC12CCC3c4cc(CN)c(O)cc4CCC3C1CCC2=O. The smallest absolute Gasteiger partial charge is 0.139 e. The largest absolute Gasteiger partial charge is 0.508 e. The number of Topliss-reactive ketones (excluding diaryl/α,β-unsaturated/α-hetero) is 1. The molecule has 0 bridgehead atoms. The number of aryl methyl sites for hydroxylation is 1. The van der Waals surface area contributed by atoms with Crippen molar-refractivity contribution in [3.63, 3.8) is 0 Å². The molecular weight excluding hydrogens is 274 g/mol.